The predicted molar refractivity (Wildman–Crippen MR) is 105 cm³/mol. The lowest BCUT2D eigenvalue weighted by Gasteiger charge is -2.09. The van der Waals surface area contributed by atoms with Crippen LogP contribution in [0.2, 0.25) is 0 Å². The van der Waals surface area contributed by atoms with Crippen molar-refractivity contribution in [1.82, 2.24) is 0 Å². The van der Waals surface area contributed by atoms with E-state index < -0.39 is 5.63 Å². The van der Waals surface area contributed by atoms with Crippen molar-refractivity contribution in [3.63, 3.8) is 0 Å². The summed E-state index contributed by atoms with van der Waals surface area (Å²) in [5.74, 6) is 0.983. The number of rotatable bonds is 7. The van der Waals surface area contributed by atoms with Gasteiger partial charge in [0.2, 0.25) is 0 Å². The molecule has 1 heterocycles. The summed E-state index contributed by atoms with van der Waals surface area (Å²) in [6, 6.07) is 12.4. The second-order valence-electron chi connectivity index (χ2n) is 6.47. The smallest absolute Gasteiger partial charge is 0.336 e. The SMILES string of the molecule is COc1cc(CCC(=O)OCc2cc(=O)oc3cc(C)ccc23)cc(OC)c1. The van der Waals surface area contributed by atoms with Crippen molar-refractivity contribution in [3.05, 3.63) is 69.6 Å². The zero-order chi connectivity index (χ0) is 20.1. The number of methoxy groups -OCH3 is 2. The number of hydrogen-bond acceptors (Lipinski definition) is 6. The molecule has 3 rings (SSSR count). The van der Waals surface area contributed by atoms with Crippen molar-refractivity contribution in [3.8, 4) is 11.5 Å². The highest BCUT2D eigenvalue weighted by atomic mass is 16.5. The highest BCUT2D eigenvalue weighted by molar-refractivity contribution is 5.81. The Morgan fingerprint density at radius 2 is 1.71 bits per heavy atom. The van der Waals surface area contributed by atoms with Gasteiger partial charge in [-0.1, -0.05) is 12.1 Å². The van der Waals surface area contributed by atoms with E-state index in [1.807, 2.05) is 31.2 Å². The van der Waals surface area contributed by atoms with Gasteiger partial charge in [-0.15, -0.1) is 0 Å². The van der Waals surface area contributed by atoms with Crippen LogP contribution < -0.4 is 15.1 Å². The minimum atomic E-state index is -0.465. The van der Waals surface area contributed by atoms with Crippen molar-refractivity contribution in [1.29, 1.82) is 0 Å². The lowest BCUT2D eigenvalue weighted by atomic mass is 10.1. The Hall–Kier alpha value is -3.28. The Morgan fingerprint density at radius 1 is 1.00 bits per heavy atom. The summed E-state index contributed by atoms with van der Waals surface area (Å²) in [4.78, 5) is 23.9. The van der Waals surface area contributed by atoms with Gasteiger partial charge < -0.3 is 18.6 Å². The molecule has 0 saturated heterocycles. The number of hydrogen-bond donors (Lipinski definition) is 0. The topological polar surface area (TPSA) is 75.0 Å². The molecule has 0 atom stereocenters. The van der Waals surface area contributed by atoms with Crippen molar-refractivity contribution in [2.45, 2.75) is 26.4 Å². The van der Waals surface area contributed by atoms with E-state index in [0.29, 0.717) is 29.1 Å². The first-order valence-corrected chi connectivity index (χ1v) is 8.89. The molecular weight excluding hydrogens is 360 g/mol. The molecule has 0 aliphatic heterocycles. The quantitative estimate of drug-likeness (QED) is 0.457. The van der Waals surface area contributed by atoms with E-state index in [4.69, 9.17) is 18.6 Å². The highest BCUT2D eigenvalue weighted by Gasteiger charge is 2.10. The van der Waals surface area contributed by atoms with Gasteiger partial charge in [-0.25, -0.2) is 4.79 Å². The van der Waals surface area contributed by atoms with Crippen LogP contribution >= 0.6 is 0 Å². The number of fused-ring (bicyclic) bond motifs is 1. The summed E-state index contributed by atoms with van der Waals surface area (Å²) in [7, 11) is 3.16. The fourth-order valence-corrected chi connectivity index (χ4v) is 2.94. The lowest BCUT2D eigenvalue weighted by Crippen LogP contribution is -2.08. The predicted octanol–water partition coefficient (Wildman–Crippen LogP) is 3.79. The third-order valence-electron chi connectivity index (χ3n) is 4.40. The molecule has 6 nitrogen and oxygen atoms in total. The van der Waals surface area contributed by atoms with Crippen LogP contribution in [-0.4, -0.2) is 20.2 Å². The Bertz CT molecular complexity index is 1030. The molecule has 0 unspecified atom stereocenters. The number of esters is 1. The molecule has 0 radical (unpaired) electrons. The second-order valence-corrected chi connectivity index (χ2v) is 6.47. The van der Waals surface area contributed by atoms with Gasteiger partial charge in [0.05, 0.1) is 14.2 Å². The summed E-state index contributed by atoms with van der Waals surface area (Å²) in [6.45, 7) is 1.94. The van der Waals surface area contributed by atoms with E-state index in [1.54, 1.807) is 26.4 Å². The average Bonchev–Trinajstić information content (AvgIpc) is 2.69. The molecule has 0 spiro atoms. The fraction of sp³-hybridized carbons (Fsp3) is 0.273. The van der Waals surface area contributed by atoms with Gasteiger partial charge in [0.25, 0.3) is 0 Å². The van der Waals surface area contributed by atoms with Crippen molar-refractivity contribution < 1.29 is 23.4 Å². The molecule has 28 heavy (non-hydrogen) atoms. The molecule has 3 aromatic rings. The molecular formula is C22H22O6. The average molecular weight is 382 g/mol. The zero-order valence-electron chi connectivity index (χ0n) is 16.1. The van der Waals surface area contributed by atoms with Crippen LogP contribution in [0, 0.1) is 6.92 Å². The Kier molecular flexibility index (Phi) is 5.99. The molecule has 0 N–H and O–H groups in total. The summed E-state index contributed by atoms with van der Waals surface area (Å²) in [6.07, 6.45) is 0.693. The van der Waals surface area contributed by atoms with Crippen LogP contribution in [0.15, 0.2) is 51.7 Å². The molecule has 2 aromatic carbocycles. The van der Waals surface area contributed by atoms with Crippen LogP contribution in [0.1, 0.15) is 23.1 Å². The Labute approximate surface area is 162 Å². The minimum Gasteiger partial charge on any atom is -0.497 e. The normalized spacial score (nSPS) is 10.7. The second kappa shape index (κ2) is 8.61. The van der Waals surface area contributed by atoms with Crippen molar-refractivity contribution >= 4 is 16.9 Å². The molecule has 0 aliphatic rings. The standard InChI is InChI=1S/C22H22O6/c1-14-4-6-19-16(11-22(24)28-20(19)8-14)13-27-21(23)7-5-15-9-17(25-2)12-18(10-15)26-3/h4,6,8-12H,5,7,13H2,1-3H3. The van der Waals surface area contributed by atoms with Crippen LogP contribution in [0.3, 0.4) is 0 Å². The first kappa shape index (κ1) is 19.5. The highest BCUT2D eigenvalue weighted by Crippen LogP contribution is 2.24. The maximum Gasteiger partial charge on any atom is 0.336 e. The zero-order valence-corrected chi connectivity index (χ0v) is 16.1. The van der Waals surface area contributed by atoms with E-state index in [9.17, 15) is 9.59 Å². The molecule has 1 aromatic heterocycles. The van der Waals surface area contributed by atoms with Crippen LogP contribution in [-0.2, 0) is 22.6 Å². The van der Waals surface area contributed by atoms with Gasteiger partial charge >= 0.3 is 11.6 Å². The van der Waals surface area contributed by atoms with E-state index in [-0.39, 0.29) is 19.0 Å². The largest absolute Gasteiger partial charge is 0.497 e. The van der Waals surface area contributed by atoms with Crippen LogP contribution in [0.4, 0.5) is 0 Å². The Balaban J connectivity index is 1.65. The van der Waals surface area contributed by atoms with Crippen LogP contribution in [0.25, 0.3) is 11.0 Å². The van der Waals surface area contributed by atoms with Crippen LogP contribution in [0.5, 0.6) is 11.5 Å². The number of aryl methyl sites for hydroxylation is 2. The number of ether oxygens (including phenoxy) is 3. The molecule has 146 valence electrons. The van der Waals surface area contributed by atoms with Gasteiger partial charge in [-0.05, 0) is 42.7 Å². The summed E-state index contributed by atoms with van der Waals surface area (Å²) in [5, 5.41) is 0.760. The lowest BCUT2D eigenvalue weighted by molar-refractivity contribution is -0.144. The molecule has 0 bridgehead atoms. The Morgan fingerprint density at radius 3 is 2.39 bits per heavy atom. The van der Waals surface area contributed by atoms with Gasteiger partial charge in [0.15, 0.2) is 0 Å². The molecule has 0 amide bonds. The number of benzene rings is 2. The summed E-state index contributed by atoms with van der Waals surface area (Å²) in [5.41, 5.74) is 2.55. The van der Waals surface area contributed by atoms with Crippen molar-refractivity contribution in [2.75, 3.05) is 14.2 Å². The van der Waals surface area contributed by atoms with Gasteiger partial charge in [-0.3, -0.25) is 4.79 Å². The molecule has 0 fully saturated rings. The van der Waals surface area contributed by atoms with E-state index >= 15 is 0 Å². The third-order valence-corrected chi connectivity index (χ3v) is 4.40. The van der Waals surface area contributed by atoms with E-state index in [1.165, 1.54) is 6.07 Å². The number of carbonyl (C=O) groups excluding carboxylic acids is 1. The molecule has 0 saturated carbocycles. The summed E-state index contributed by atoms with van der Waals surface area (Å²) < 4.78 is 21.1. The maximum atomic E-state index is 12.2. The van der Waals surface area contributed by atoms with Crippen molar-refractivity contribution in [2.24, 2.45) is 0 Å². The van der Waals surface area contributed by atoms with Gasteiger partial charge in [0, 0.05) is 29.5 Å². The molecule has 0 aliphatic carbocycles. The monoisotopic (exact) mass is 382 g/mol. The minimum absolute atomic E-state index is 0.0193. The number of carbonyl (C=O) groups is 1. The third kappa shape index (κ3) is 4.71. The first-order valence-electron chi connectivity index (χ1n) is 8.89. The fourth-order valence-electron chi connectivity index (χ4n) is 2.94. The van der Waals surface area contributed by atoms with Gasteiger partial charge in [-0.2, -0.15) is 0 Å². The van der Waals surface area contributed by atoms with E-state index in [2.05, 4.69) is 0 Å². The summed E-state index contributed by atoms with van der Waals surface area (Å²) >= 11 is 0. The maximum absolute atomic E-state index is 12.2. The van der Waals surface area contributed by atoms with E-state index in [0.717, 1.165) is 16.5 Å². The van der Waals surface area contributed by atoms with Gasteiger partial charge in [0.1, 0.15) is 23.7 Å². The first-order chi connectivity index (χ1) is 13.5. The molecule has 6 heteroatoms.